The first kappa shape index (κ1) is 24.3. The summed E-state index contributed by atoms with van der Waals surface area (Å²) in [5.41, 5.74) is 11.7. The smallest absolute Gasteiger partial charge is 0.251 e. The molecule has 1 aromatic heterocycles. The molecule has 0 radical (unpaired) electrons. The number of carbonyl (C=O) groups excluding carboxylic acids is 1. The topological polar surface area (TPSA) is 74.5 Å². The molecule has 0 saturated carbocycles. The normalized spacial score (nSPS) is 19.1. The van der Waals surface area contributed by atoms with Crippen molar-refractivity contribution in [1.82, 2.24) is 15.2 Å². The highest BCUT2D eigenvalue weighted by molar-refractivity contribution is 5.97. The van der Waals surface area contributed by atoms with E-state index in [4.69, 9.17) is 5.73 Å². The number of piperazine rings is 1. The van der Waals surface area contributed by atoms with Crippen LogP contribution in [0.3, 0.4) is 0 Å². The minimum Gasteiger partial charge on any atom is -0.383 e. The van der Waals surface area contributed by atoms with Crippen LogP contribution in [-0.4, -0.2) is 54.6 Å². The van der Waals surface area contributed by atoms with E-state index in [1.54, 1.807) is 12.1 Å². The molecule has 2 fully saturated rings. The predicted octanol–water partition coefficient (Wildman–Crippen LogP) is 4.73. The van der Waals surface area contributed by atoms with Gasteiger partial charge in [-0.05, 0) is 66.8 Å². The Hall–Kier alpha value is -3.45. The van der Waals surface area contributed by atoms with Gasteiger partial charge in [0.05, 0.1) is 0 Å². The van der Waals surface area contributed by atoms with Crippen LogP contribution in [0, 0.1) is 5.95 Å². The van der Waals surface area contributed by atoms with Crippen molar-refractivity contribution in [3.8, 4) is 22.3 Å². The van der Waals surface area contributed by atoms with Crippen molar-refractivity contribution in [3.05, 3.63) is 65.6 Å². The summed E-state index contributed by atoms with van der Waals surface area (Å²) < 4.78 is 14.9. The first-order valence-electron chi connectivity index (χ1n) is 13.0. The lowest BCUT2D eigenvalue weighted by Gasteiger charge is -2.38. The van der Waals surface area contributed by atoms with E-state index in [-0.39, 0.29) is 11.7 Å². The van der Waals surface area contributed by atoms with E-state index in [1.165, 1.54) is 25.1 Å². The number of nitrogens with two attached hydrogens (primary N) is 1. The molecule has 36 heavy (non-hydrogen) atoms. The van der Waals surface area contributed by atoms with Crippen molar-refractivity contribution >= 4 is 17.4 Å². The molecule has 3 aliphatic heterocycles. The third-order valence-corrected chi connectivity index (χ3v) is 7.48. The van der Waals surface area contributed by atoms with Crippen molar-refractivity contribution in [2.24, 2.45) is 0 Å². The maximum Gasteiger partial charge on any atom is 0.251 e. The number of fused-ring (bicyclic) bond motifs is 2. The summed E-state index contributed by atoms with van der Waals surface area (Å²) in [6.07, 6.45) is 3.32. The van der Waals surface area contributed by atoms with Gasteiger partial charge in [0.15, 0.2) is 0 Å². The van der Waals surface area contributed by atoms with E-state index in [9.17, 15) is 9.18 Å². The Morgan fingerprint density at radius 3 is 2.56 bits per heavy atom. The van der Waals surface area contributed by atoms with E-state index >= 15 is 0 Å². The number of pyridine rings is 1. The molecule has 2 aromatic carbocycles. The zero-order chi connectivity index (χ0) is 25.2. The van der Waals surface area contributed by atoms with E-state index in [0.717, 1.165) is 42.7 Å². The van der Waals surface area contributed by atoms with Crippen LogP contribution >= 0.6 is 0 Å². The fraction of sp³-hybridized carbons (Fsp3) is 0.379. The van der Waals surface area contributed by atoms with Crippen molar-refractivity contribution in [2.45, 2.75) is 39.2 Å². The minimum atomic E-state index is -0.578. The summed E-state index contributed by atoms with van der Waals surface area (Å²) >= 11 is 0. The Labute approximate surface area is 212 Å². The van der Waals surface area contributed by atoms with Crippen LogP contribution in [0.4, 0.5) is 15.9 Å². The lowest BCUT2D eigenvalue weighted by atomic mass is 9.94. The zero-order valence-corrected chi connectivity index (χ0v) is 21.1. The second kappa shape index (κ2) is 10.3. The van der Waals surface area contributed by atoms with Crippen molar-refractivity contribution < 1.29 is 9.18 Å². The Morgan fingerprint density at radius 1 is 0.972 bits per heavy atom. The molecule has 0 spiro atoms. The number of hydrogen-bond acceptors (Lipinski definition) is 5. The minimum absolute atomic E-state index is 0.0619. The highest BCUT2D eigenvalue weighted by atomic mass is 19.1. The summed E-state index contributed by atoms with van der Waals surface area (Å²) in [7, 11) is 0. The van der Waals surface area contributed by atoms with E-state index < -0.39 is 5.95 Å². The maximum absolute atomic E-state index is 14.9. The Bertz CT molecular complexity index is 1260. The molecule has 6 rings (SSSR count). The Kier molecular flexibility index (Phi) is 6.92. The first-order valence-corrected chi connectivity index (χ1v) is 13.0. The highest BCUT2D eigenvalue weighted by Crippen LogP contribution is 2.34. The average Bonchev–Trinajstić information content (AvgIpc) is 3.38. The second-order valence-corrected chi connectivity index (χ2v) is 9.46. The number of nitrogens with zero attached hydrogens (tertiary/aromatic N) is 3. The molecule has 188 valence electrons. The number of rotatable bonds is 3. The van der Waals surface area contributed by atoms with Gasteiger partial charge in [0.25, 0.3) is 5.91 Å². The molecular weight excluding hydrogens is 453 g/mol. The first-order chi connectivity index (χ1) is 17.6. The number of anilines is 2. The number of carbonyl (C=O) groups is 1. The molecule has 0 bridgehead atoms. The van der Waals surface area contributed by atoms with Gasteiger partial charge in [-0.3, -0.25) is 9.69 Å². The molecular formula is C29H34FN5O. The molecule has 3 aromatic rings. The monoisotopic (exact) mass is 487 g/mol. The molecule has 1 atom stereocenters. The molecule has 0 aliphatic carbocycles. The third-order valence-electron chi connectivity index (χ3n) is 7.48. The van der Waals surface area contributed by atoms with Crippen LogP contribution in [0.15, 0.2) is 48.5 Å². The van der Waals surface area contributed by atoms with Gasteiger partial charge in [-0.25, -0.2) is 4.98 Å². The van der Waals surface area contributed by atoms with Crippen molar-refractivity contribution in [2.75, 3.05) is 43.4 Å². The summed E-state index contributed by atoms with van der Waals surface area (Å²) in [5.74, 6) is -0.494. The largest absolute Gasteiger partial charge is 0.383 e. The summed E-state index contributed by atoms with van der Waals surface area (Å²) in [4.78, 5) is 21.1. The number of hydrogen-bond donors (Lipinski definition) is 2. The van der Waals surface area contributed by atoms with Crippen molar-refractivity contribution in [3.63, 3.8) is 0 Å². The molecule has 7 heteroatoms. The molecule has 3 aliphatic rings. The molecule has 6 nitrogen and oxygen atoms in total. The van der Waals surface area contributed by atoms with Crippen molar-refractivity contribution in [1.29, 1.82) is 0 Å². The van der Waals surface area contributed by atoms with Gasteiger partial charge in [0.2, 0.25) is 5.95 Å². The molecule has 4 heterocycles. The lowest BCUT2D eigenvalue weighted by molar-refractivity contribution is 0.0946. The van der Waals surface area contributed by atoms with Gasteiger partial charge in [-0.1, -0.05) is 38.1 Å². The third kappa shape index (κ3) is 4.55. The molecule has 1 unspecified atom stereocenters. The number of benzene rings is 2. The number of amides is 1. The molecule has 2 saturated heterocycles. The van der Waals surface area contributed by atoms with Crippen LogP contribution in [-0.2, 0) is 6.42 Å². The van der Waals surface area contributed by atoms with Crippen LogP contribution < -0.4 is 16.0 Å². The SMILES string of the molecule is CC.Nc1nc(F)c(-c2ccc(N3CCN4CCCC4C3)cc2)cc1-c1ccc2c(c1)CCNC2=O. The molecule has 3 N–H and O–H groups in total. The van der Waals surface area contributed by atoms with E-state index in [1.807, 2.05) is 38.1 Å². The van der Waals surface area contributed by atoms with Crippen LogP contribution in [0.2, 0.25) is 0 Å². The average molecular weight is 488 g/mol. The van der Waals surface area contributed by atoms with Crippen LogP contribution in [0.5, 0.6) is 0 Å². The maximum atomic E-state index is 14.9. The van der Waals surface area contributed by atoms with Gasteiger partial charge in [-0.2, -0.15) is 4.39 Å². The van der Waals surface area contributed by atoms with Gasteiger partial charge in [-0.15, -0.1) is 0 Å². The quantitative estimate of drug-likeness (QED) is 0.523. The number of nitrogens with one attached hydrogen (secondary N) is 1. The van der Waals surface area contributed by atoms with Crippen LogP contribution in [0.25, 0.3) is 22.3 Å². The van der Waals surface area contributed by atoms with E-state index in [0.29, 0.717) is 29.3 Å². The second-order valence-electron chi connectivity index (χ2n) is 9.46. The standard InChI is InChI=1S/C27H28FN5O.C2H6/c28-25-23(17-3-6-20(7-4-17)33-13-12-32-11-1-2-21(32)16-33)15-24(26(29)31-25)18-5-8-22-19(14-18)9-10-30-27(22)34;1-2/h3-8,14-15,21H,1-2,9-13,16H2,(H2,29,31)(H,30,34);1-2H3. The Morgan fingerprint density at radius 2 is 1.75 bits per heavy atom. The number of aromatic nitrogens is 1. The summed E-state index contributed by atoms with van der Waals surface area (Å²) in [5, 5.41) is 2.85. The lowest BCUT2D eigenvalue weighted by Crippen LogP contribution is -2.50. The fourth-order valence-electron chi connectivity index (χ4n) is 5.61. The summed E-state index contributed by atoms with van der Waals surface area (Å²) in [6, 6.07) is 16.1. The zero-order valence-electron chi connectivity index (χ0n) is 21.1. The summed E-state index contributed by atoms with van der Waals surface area (Å²) in [6.45, 7) is 9.01. The van der Waals surface area contributed by atoms with Gasteiger partial charge in [0.1, 0.15) is 5.82 Å². The van der Waals surface area contributed by atoms with Gasteiger partial charge in [0, 0.05) is 54.6 Å². The van der Waals surface area contributed by atoms with Gasteiger partial charge >= 0.3 is 0 Å². The van der Waals surface area contributed by atoms with Crippen LogP contribution in [0.1, 0.15) is 42.6 Å². The predicted molar refractivity (Wildman–Crippen MR) is 144 cm³/mol. The number of nitrogen functional groups attached to an aromatic ring is 1. The number of halogens is 1. The fourth-order valence-corrected chi connectivity index (χ4v) is 5.61. The van der Waals surface area contributed by atoms with Gasteiger partial charge < -0.3 is 16.0 Å². The molecule has 1 amide bonds. The van der Waals surface area contributed by atoms with E-state index in [2.05, 4.69) is 32.2 Å². The highest BCUT2D eigenvalue weighted by Gasteiger charge is 2.30. The Balaban J connectivity index is 0.00000130.